The Hall–Kier alpha value is -1.55. The normalized spacial score (nSPS) is 39.1. The van der Waals surface area contributed by atoms with E-state index in [4.69, 9.17) is 14.9 Å². The summed E-state index contributed by atoms with van der Waals surface area (Å²) in [6.45, 7) is 5.26. The third kappa shape index (κ3) is 3.14. The number of aliphatic hydroxyl groups is 1. The minimum atomic E-state index is -0.662. The molecular weight excluding hydrogens is 352 g/mol. The van der Waals surface area contributed by atoms with Crippen LogP contribution in [0, 0.1) is 28.6 Å². The highest BCUT2D eigenvalue weighted by molar-refractivity contribution is 5.66. The fourth-order valence-electron chi connectivity index (χ4n) is 6.78. The van der Waals surface area contributed by atoms with Crippen LogP contribution in [0.3, 0.4) is 0 Å². The predicted molar refractivity (Wildman–Crippen MR) is 109 cm³/mol. The van der Waals surface area contributed by atoms with Crippen LogP contribution in [0.15, 0.2) is 35.1 Å². The molecule has 4 aliphatic carbocycles. The Balaban J connectivity index is 1.57. The van der Waals surface area contributed by atoms with E-state index < -0.39 is 5.97 Å². The molecule has 154 valence electrons. The highest BCUT2D eigenvalue weighted by Crippen LogP contribution is 2.64. The number of ether oxygens (including phenoxy) is 1. The number of hydrogen-bond acceptors (Lipinski definition) is 3. The van der Waals surface area contributed by atoms with E-state index in [9.17, 15) is 4.79 Å². The number of aliphatic hydroxyl groups excluding tert-OH is 1. The van der Waals surface area contributed by atoms with E-state index in [0.29, 0.717) is 30.8 Å². The molecule has 0 aromatic carbocycles. The summed E-state index contributed by atoms with van der Waals surface area (Å²) in [4.78, 5) is 11.1. The Morgan fingerprint density at radius 1 is 1.29 bits per heavy atom. The Kier molecular flexibility index (Phi) is 5.20. The van der Waals surface area contributed by atoms with Crippen molar-refractivity contribution in [1.29, 1.82) is 0 Å². The molecule has 0 aromatic rings. The van der Waals surface area contributed by atoms with Crippen LogP contribution in [0.5, 0.6) is 0 Å². The standard InChI is InChI=1S/C24H34O4/c1-23-12-10-21-19(20(23)7-4-16(23)5-8-22(26)27)6-3-17-15-18(28-14-13-25)9-11-24(17,21)2/h3,10,15-16,19-20,25H,4-9,11-14H2,1-2H3,(H,26,27)/t16-,19-,20-,23+,24-/m0/s1. The second-order valence-corrected chi connectivity index (χ2v) is 9.70. The number of allylic oxidation sites excluding steroid dienone is 6. The van der Waals surface area contributed by atoms with Crippen molar-refractivity contribution >= 4 is 5.97 Å². The monoisotopic (exact) mass is 386 g/mol. The molecule has 0 aliphatic heterocycles. The summed E-state index contributed by atoms with van der Waals surface area (Å²) in [5.74, 6) is 2.17. The Bertz CT molecular complexity index is 733. The van der Waals surface area contributed by atoms with Crippen molar-refractivity contribution < 1.29 is 19.7 Å². The summed E-state index contributed by atoms with van der Waals surface area (Å²) in [5, 5.41) is 18.2. The van der Waals surface area contributed by atoms with Gasteiger partial charge in [0.1, 0.15) is 6.61 Å². The maximum absolute atomic E-state index is 11.1. The Morgan fingerprint density at radius 2 is 2.11 bits per heavy atom. The minimum Gasteiger partial charge on any atom is -0.496 e. The maximum Gasteiger partial charge on any atom is 0.303 e. The zero-order valence-corrected chi connectivity index (χ0v) is 17.2. The number of aliphatic carboxylic acids is 1. The smallest absolute Gasteiger partial charge is 0.303 e. The lowest BCUT2D eigenvalue weighted by Gasteiger charge is -2.52. The summed E-state index contributed by atoms with van der Waals surface area (Å²) in [7, 11) is 0. The first-order valence-electron chi connectivity index (χ1n) is 11.0. The molecule has 0 unspecified atom stereocenters. The second kappa shape index (κ2) is 7.37. The van der Waals surface area contributed by atoms with E-state index in [1.807, 2.05) is 0 Å². The molecule has 0 bridgehead atoms. The summed E-state index contributed by atoms with van der Waals surface area (Å²) in [5.41, 5.74) is 3.38. The molecule has 0 spiro atoms. The molecule has 2 N–H and O–H groups in total. The van der Waals surface area contributed by atoms with Crippen molar-refractivity contribution in [3.63, 3.8) is 0 Å². The van der Waals surface area contributed by atoms with E-state index in [-0.39, 0.29) is 17.4 Å². The van der Waals surface area contributed by atoms with Gasteiger partial charge >= 0.3 is 5.97 Å². The van der Waals surface area contributed by atoms with Gasteiger partial charge in [-0.25, -0.2) is 0 Å². The Labute approximate surface area is 168 Å². The van der Waals surface area contributed by atoms with Crippen LogP contribution < -0.4 is 0 Å². The second-order valence-electron chi connectivity index (χ2n) is 9.70. The molecular formula is C24H34O4. The summed E-state index contributed by atoms with van der Waals surface area (Å²) in [6, 6.07) is 0. The SMILES string of the molecule is C[C@]12CCC(OCCO)=CC1=CC[C@@H]1C2=CC[C@]2(C)[C@H](CCC(=O)O)CC[C@@H]12. The molecule has 4 aliphatic rings. The van der Waals surface area contributed by atoms with Crippen LogP contribution in [0.2, 0.25) is 0 Å². The molecule has 1 saturated carbocycles. The molecule has 0 heterocycles. The molecule has 28 heavy (non-hydrogen) atoms. The molecule has 4 nitrogen and oxygen atoms in total. The third-order valence-electron chi connectivity index (χ3n) is 8.39. The van der Waals surface area contributed by atoms with E-state index in [1.165, 1.54) is 18.4 Å². The molecule has 1 fully saturated rings. The summed E-state index contributed by atoms with van der Waals surface area (Å²) < 4.78 is 5.71. The average molecular weight is 387 g/mol. The van der Waals surface area contributed by atoms with Gasteiger partial charge in [0.25, 0.3) is 0 Å². The lowest BCUT2D eigenvalue weighted by molar-refractivity contribution is -0.137. The van der Waals surface area contributed by atoms with Crippen molar-refractivity contribution in [2.75, 3.05) is 13.2 Å². The fourth-order valence-corrected chi connectivity index (χ4v) is 6.78. The number of fused-ring (bicyclic) bond motifs is 5. The summed E-state index contributed by atoms with van der Waals surface area (Å²) >= 11 is 0. The summed E-state index contributed by atoms with van der Waals surface area (Å²) in [6.07, 6.45) is 14.9. The van der Waals surface area contributed by atoms with Crippen molar-refractivity contribution in [3.05, 3.63) is 35.1 Å². The van der Waals surface area contributed by atoms with Gasteiger partial charge in [-0.3, -0.25) is 4.79 Å². The van der Waals surface area contributed by atoms with Gasteiger partial charge in [0.05, 0.1) is 12.4 Å². The number of carboxylic acids is 1. The van der Waals surface area contributed by atoms with Crippen LogP contribution in [0.4, 0.5) is 0 Å². The van der Waals surface area contributed by atoms with E-state index in [0.717, 1.165) is 37.9 Å². The van der Waals surface area contributed by atoms with Crippen molar-refractivity contribution in [2.24, 2.45) is 28.6 Å². The molecule has 0 saturated heterocycles. The zero-order valence-electron chi connectivity index (χ0n) is 17.2. The maximum atomic E-state index is 11.1. The lowest BCUT2D eigenvalue weighted by Crippen LogP contribution is -2.43. The lowest BCUT2D eigenvalue weighted by atomic mass is 9.52. The van der Waals surface area contributed by atoms with Gasteiger partial charge in [-0.15, -0.1) is 0 Å². The van der Waals surface area contributed by atoms with Crippen molar-refractivity contribution in [2.45, 2.75) is 65.2 Å². The quantitative estimate of drug-likeness (QED) is 0.640. The molecule has 0 amide bonds. The number of carbonyl (C=O) groups is 1. The van der Waals surface area contributed by atoms with Crippen molar-refractivity contribution in [1.82, 2.24) is 0 Å². The molecule has 0 radical (unpaired) electrons. The molecule has 4 heteroatoms. The number of carboxylic acid groups (broad SMARTS) is 1. The van der Waals surface area contributed by atoms with E-state index >= 15 is 0 Å². The molecule has 5 atom stereocenters. The highest BCUT2D eigenvalue weighted by Gasteiger charge is 2.54. The first-order valence-corrected chi connectivity index (χ1v) is 11.0. The largest absolute Gasteiger partial charge is 0.496 e. The fraction of sp³-hybridized carbons (Fsp3) is 0.708. The first kappa shape index (κ1) is 19.8. The van der Waals surface area contributed by atoms with E-state index in [2.05, 4.69) is 32.1 Å². The first-order chi connectivity index (χ1) is 13.4. The van der Waals surface area contributed by atoms with Gasteiger partial charge in [0.15, 0.2) is 0 Å². The molecule has 4 rings (SSSR count). The van der Waals surface area contributed by atoms with Gasteiger partial charge < -0.3 is 14.9 Å². The minimum absolute atomic E-state index is 0.0597. The van der Waals surface area contributed by atoms with Crippen LogP contribution in [0.1, 0.15) is 65.2 Å². The van der Waals surface area contributed by atoms with Crippen LogP contribution in [-0.4, -0.2) is 29.4 Å². The van der Waals surface area contributed by atoms with Gasteiger partial charge in [-0.05, 0) is 73.3 Å². The third-order valence-corrected chi connectivity index (χ3v) is 8.39. The van der Waals surface area contributed by atoms with Gasteiger partial charge in [-0.2, -0.15) is 0 Å². The van der Waals surface area contributed by atoms with Gasteiger partial charge in [-0.1, -0.05) is 31.6 Å². The number of hydrogen-bond donors (Lipinski definition) is 2. The van der Waals surface area contributed by atoms with Crippen molar-refractivity contribution in [3.8, 4) is 0 Å². The zero-order chi connectivity index (χ0) is 19.9. The topological polar surface area (TPSA) is 66.8 Å². The van der Waals surface area contributed by atoms with E-state index in [1.54, 1.807) is 5.57 Å². The van der Waals surface area contributed by atoms with Gasteiger partial charge in [0.2, 0.25) is 0 Å². The highest BCUT2D eigenvalue weighted by atomic mass is 16.5. The van der Waals surface area contributed by atoms with Crippen LogP contribution >= 0.6 is 0 Å². The average Bonchev–Trinajstić information content (AvgIpc) is 3.01. The number of rotatable bonds is 6. The van der Waals surface area contributed by atoms with Gasteiger partial charge in [0, 0.05) is 18.3 Å². The molecule has 0 aromatic heterocycles. The Morgan fingerprint density at radius 3 is 2.86 bits per heavy atom. The predicted octanol–water partition coefficient (Wildman–Crippen LogP) is 4.85. The van der Waals surface area contributed by atoms with Crippen LogP contribution in [-0.2, 0) is 9.53 Å². The van der Waals surface area contributed by atoms with Crippen LogP contribution in [0.25, 0.3) is 0 Å².